The number of para-hydroxylation sites is 1. The third-order valence-electron chi connectivity index (χ3n) is 4.83. The van der Waals surface area contributed by atoms with E-state index in [0.717, 1.165) is 39.9 Å². The molecule has 1 heterocycles. The van der Waals surface area contributed by atoms with Gasteiger partial charge in [0.25, 0.3) is 0 Å². The van der Waals surface area contributed by atoms with Crippen LogP contribution < -0.4 is 0 Å². The van der Waals surface area contributed by atoms with E-state index < -0.39 is 17.7 Å². The number of ether oxygens (including phenoxy) is 1. The van der Waals surface area contributed by atoms with E-state index in [1.54, 1.807) is 18.7 Å². The summed E-state index contributed by atoms with van der Waals surface area (Å²) >= 11 is 1.70. The molecule has 0 saturated carbocycles. The maximum absolute atomic E-state index is 12.9. The predicted octanol–water partition coefficient (Wildman–Crippen LogP) is 6.13. The minimum absolute atomic E-state index is 0.0545. The number of H-pyrrole nitrogens is 1. The quantitative estimate of drug-likeness (QED) is 0.466. The molecule has 1 N–H and O–H groups in total. The molecule has 3 nitrogen and oxygen atoms in total. The number of thioether (sulfide) groups is 1. The van der Waals surface area contributed by atoms with Gasteiger partial charge >= 0.3 is 12.1 Å². The number of hydrogen-bond donors (Lipinski definition) is 1. The number of benzene rings is 2. The third kappa shape index (κ3) is 4.78. The fourth-order valence-electron chi connectivity index (χ4n) is 3.50. The molecule has 0 aliphatic heterocycles. The fourth-order valence-corrected chi connectivity index (χ4v) is 4.05. The van der Waals surface area contributed by atoms with Crippen molar-refractivity contribution in [1.82, 2.24) is 4.98 Å². The average Bonchev–Trinajstić information content (AvgIpc) is 3.11. The van der Waals surface area contributed by atoms with Crippen molar-refractivity contribution in [3.05, 3.63) is 70.9 Å². The number of carbonyl (C=O) groups is 1. The second-order valence-corrected chi connectivity index (χ2v) is 7.56. The summed E-state index contributed by atoms with van der Waals surface area (Å²) in [6.07, 6.45) is -0.480. The normalized spacial score (nSPS) is 12.9. The number of aromatic amines is 1. The lowest BCUT2D eigenvalue weighted by molar-refractivity contribution is -0.143. The Hall–Kier alpha value is -2.41. The number of nitrogens with one attached hydrogen (secondary N) is 1. The van der Waals surface area contributed by atoms with Gasteiger partial charge in [-0.05, 0) is 42.0 Å². The summed E-state index contributed by atoms with van der Waals surface area (Å²) in [7, 11) is 0. The number of fused-ring (bicyclic) bond motifs is 1. The number of esters is 1. The molecule has 3 aromatic rings. The fraction of sp³-hybridized carbons (Fsp3) is 0.318. The van der Waals surface area contributed by atoms with Crippen molar-refractivity contribution in [2.75, 3.05) is 12.9 Å². The van der Waals surface area contributed by atoms with Gasteiger partial charge < -0.3 is 9.72 Å². The molecule has 7 heteroatoms. The van der Waals surface area contributed by atoms with Crippen LogP contribution in [0.3, 0.4) is 0 Å². The van der Waals surface area contributed by atoms with Crippen molar-refractivity contribution in [2.45, 2.75) is 31.2 Å². The Morgan fingerprint density at radius 3 is 2.52 bits per heavy atom. The summed E-state index contributed by atoms with van der Waals surface area (Å²) in [5.74, 6) is 0.0433. The second kappa shape index (κ2) is 8.95. The first-order chi connectivity index (χ1) is 13.8. The van der Waals surface area contributed by atoms with Gasteiger partial charge in [-0.3, -0.25) is 4.79 Å². The molecule has 154 valence electrons. The zero-order chi connectivity index (χ0) is 21.0. The maximum atomic E-state index is 12.9. The van der Waals surface area contributed by atoms with Crippen LogP contribution >= 0.6 is 11.8 Å². The summed E-state index contributed by atoms with van der Waals surface area (Å²) in [6, 6.07) is 11.0. The Balaban J connectivity index is 2.06. The van der Waals surface area contributed by atoms with Gasteiger partial charge in [-0.25, -0.2) is 0 Å². The lowest BCUT2D eigenvalue weighted by Gasteiger charge is -2.18. The standard InChI is InChI=1S/C22H22F3NO2S/c1-3-28-20(27)11-18(14-7-9-16(10-8-14)22(23,24)25)19-12-26-21-15(13-29-2)5-4-6-17(19)21/h4-10,12,18,26H,3,11,13H2,1-2H3. The van der Waals surface area contributed by atoms with Crippen molar-refractivity contribution < 1.29 is 22.7 Å². The highest BCUT2D eigenvalue weighted by Crippen LogP contribution is 2.37. The number of alkyl halides is 3. The highest BCUT2D eigenvalue weighted by atomic mass is 32.2. The van der Waals surface area contributed by atoms with Crippen molar-refractivity contribution >= 4 is 28.6 Å². The molecule has 0 saturated heterocycles. The van der Waals surface area contributed by atoms with Crippen LogP contribution in [0.1, 0.15) is 41.5 Å². The zero-order valence-corrected chi connectivity index (χ0v) is 17.0. The highest BCUT2D eigenvalue weighted by Gasteiger charge is 2.31. The molecule has 1 atom stereocenters. The highest BCUT2D eigenvalue weighted by molar-refractivity contribution is 7.97. The SMILES string of the molecule is CCOC(=O)CC(c1ccc(C(F)(F)F)cc1)c1c[nH]c2c(CSC)cccc12. The van der Waals surface area contributed by atoms with Crippen molar-refractivity contribution in [3.8, 4) is 0 Å². The molecule has 1 aromatic heterocycles. The molecule has 0 amide bonds. The minimum atomic E-state index is -4.40. The van der Waals surface area contributed by atoms with Gasteiger partial charge in [0.15, 0.2) is 0 Å². The number of carbonyl (C=O) groups excluding carboxylic acids is 1. The largest absolute Gasteiger partial charge is 0.466 e. The van der Waals surface area contributed by atoms with E-state index in [2.05, 4.69) is 4.98 Å². The lowest BCUT2D eigenvalue weighted by Crippen LogP contribution is -2.12. The molecule has 0 bridgehead atoms. The summed E-state index contributed by atoms with van der Waals surface area (Å²) in [5, 5.41) is 0.964. The number of rotatable bonds is 7. The average molecular weight is 421 g/mol. The Kier molecular flexibility index (Phi) is 6.57. The molecule has 2 aromatic carbocycles. The van der Waals surface area contributed by atoms with Gasteiger partial charge in [0.1, 0.15) is 0 Å². The Labute approximate surface area is 171 Å². The van der Waals surface area contributed by atoms with Gasteiger partial charge in [0.05, 0.1) is 18.6 Å². The van der Waals surface area contributed by atoms with E-state index in [0.29, 0.717) is 5.56 Å². The maximum Gasteiger partial charge on any atom is 0.416 e. The van der Waals surface area contributed by atoms with Gasteiger partial charge in [0, 0.05) is 28.8 Å². The molecule has 0 radical (unpaired) electrons. The Bertz CT molecular complexity index is 980. The first-order valence-electron chi connectivity index (χ1n) is 9.25. The van der Waals surface area contributed by atoms with E-state index in [9.17, 15) is 18.0 Å². The van der Waals surface area contributed by atoms with E-state index in [1.165, 1.54) is 12.1 Å². The van der Waals surface area contributed by atoms with Crippen LogP contribution in [0, 0.1) is 0 Å². The van der Waals surface area contributed by atoms with E-state index in [-0.39, 0.29) is 19.0 Å². The Morgan fingerprint density at radius 1 is 1.17 bits per heavy atom. The molecule has 0 aliphatic rings. The summed E-state index contributed by atoms with van der Waals surface area (Å²) in [4.78, 5) is 15.5. The molecule has 0 fully saturated rings. The first kappa shape index (κ1) is 21.3. The van der Waals surface area contributed by atoms with E-state index in [1.807, 2.05) is 30.7 Å². The summed E-state index contributed by atoms with van der Waals surface area (Å²) in [5.41, 5.74) is 2.93. The van der Waals surface area contributed by atoms with E-state index >= 15 is 0 Å². The second-order valence-electron chi connectivity index (χ2n) is 6.70. The minimum Gasteiger partial charge on any atom is -0.466 e. The van der Waals surface area contributed by atoms with Gasteiger partial charge in [-0.1, -0.05) is 30.3 Å². The van der Waals surface area contributed by atoms with Gasteiger partial charge in [0.2, 0.25) is 0 Å². The monoisotopic (exact) mass is 421 g/mol. The molecular weight excluding hydrogens is 399 g/mol. The van der Waals surface area contributed by atoms with Crippen LogP contribution in [0.15, 0.2) is 48.7 Å². The number of hydrogen-bond acceptors (Lipinski definition) is 3. The summed E-state index contributed by atoms with van der Waals surface area (Å²) in [6.45, 7) is 1.98. The zero-order valence-electron chi connectivity index (χ0n) is 16.2. The third-order valence-corrected chi connectivity index (χ3v) is 5.43. The number of halogens is 3. The molecule has 1 unspecified atom stereocenters. The van der Waals surface area contributed by atoms with Crippen LogP contribution in [0.4, 0.5) is 13.2 Å². The van der Waals surface area contributed by atoms with Crippen LogP contribution in [-0.2, 0) is 21.5 Å². The van der Waals surface area contributed by atoms with Crippen molar-refractivity contribution in [1.29, 1.82) is 0 Å². The lowest BCUT2D eigenvalue weighted by atomic mass is 9.87. The van der Waals surface area contributed by atoms with Gasteiger partial charge in [-0.2, -0.15) is 24.9 Å². The van der Waals surface area contributed by atoms with Crippen LogP contribution in [0.2, 0.25) is 0 Å². The number of aromatic nitrogens is 1. The smallest absolute Gasteiger partial charge is 0.416 e. The Morgan fingerprint density at radius 2 is 1.90 bits per heavy atom. The summed E-state index contributed by atoms with van der Waals surface area (Å²) < 4.78 is 44.0. The topological polar surface area (TPSA) is 42.1 Å². The van der Waals surface area contributed by atoms with Crippen molar-refractivity contribution in [2.24, 2.45) is 0 Å². The first-order valence-corrected chi connectivity index (χ1v) is 10.6. The molecule has 0 spiro atoms. The van der Waals surface area contributed by atoms with Crippen LogP contribution in [0.5, 0.6) is 0 Å². The predicted molar refractivity (Wildman–Crippen MR) is 110 cm³/mol. The molecule has 3 rings (SSSR count). The van der Waals surface area contributed by atoms with Crippen LogP contribution in [-0.4, -0.2) is 23.8 Å². The van der Waals surface area contributed by atoms with Crippen molar-refractivity contribution in [3.63, 3.8) is 0 Å². The van der Waals surface area contributed by atoms with Crippen LogP contribution in [0.25, 0.3) is 10.9 Å². The van der Waals surface area contributed by atoms with Gasteiger partial charge in [-0.15, -0.1) is 0 Å². The van der Waals surface area contributed by atoms with E-state index in [4.69, 9.17) is 4.74 Å². The molecule has 29 heavy (non-hydrogen) atoms. The molecular formula is C22H22F3NO2S. The molecule has 0 aliphatic carbocycles.